The predicted molar refractivity (Wildman–Crippen MR) is 92.1 cm³/mol. The number of carbonyl (C=O) groups is 1. The molecular formula is C16H19N2O9P. The number of hydrogen-bond donors (Lipinski definition) is 5. The Labute approximate surface area is 159 Å². The molecule has 0 bridgehead atoms. The average Bonchev–Trinajstić information content (AvgIpc) is 3.37. The maximum atomic E-state index is 12.3. The number of rotatable bonds is 10. The first-order valence-corrected chi connectivity index (χ1v) is 9.70. The maximum Gasteiger partial charge on any atom is 0.470 e. The molecule has 2 atom stereocenters. The molecule has 3 heterocycles. The Morgan fingerprint density at radius 3 is 2.21 bits per heavy atom. The summed E-state index contributed by atoms with van der Waals surface area (Å²) in [7, 11) is -4.96. The first-order valence-electron chi connectivity index (χ1n) is 8.17. The molecule has 0 unspecified atom stereocenters. The van der Waals surface area contributed by atoms with Crippen LogP contribution in [0, 0.1) is 0 Å². The molecule has 12 heteroatoms. The molecule has 1 aliphatic rings. The quantitative estimate of drug-likeness (QED) is 0.278. The highest BCUT2D eigenvalue weighted by atomic mass is 31.2. The van der Waals surface area contributed by atoms with Crippen molar-refractivity contribution in [3.63, 3.8) is 0 Å². The van der Waals surface area contributed by atoms with Gasteiger partial charge in [-0.2, -0.15) is 0 Å². The van der Waals surface area contributed by atoms with E-state index < -0.39 is 32.6 Å². The second kappa shape index (κ2) is 8.63. The second-order valence-electron chi connectivity index (χ2n) is 5.80. The Balaban J connectivity index is 1.84. The normalized spacial score (nSPS) is 18.2. The number of ether oxygens (including phenoxy) is 3. The van der Waals surface area contributed by atoms with Gasteiger partial charge in [0.05, 0.1) is 18.0 Å². The molecule has 3 rings (SSSR count). The van der Waals surface area contributed by atoms with Gasteiger partial charge in [0.2, 0.25) is 5.76 Å². The molecular weight excluding hydrogens is 395 g/mol. The molecule has 0 radical (unpaired) electrons. The Kier molecular flexibility index (Phi) is 6.22. The molecule has 2 aromatic heterocycles. The van der Waals surface area contributed by atoms with Gasteiger partial charge < -0.3 is 39.1 Å². The number of aliphatic hydroxyl groups is 1. The van der Waals surface area contributed by atoms with Crippen LogP contribution in [-0.4, -0.2) is 49.6 Å². The summed E-state index contributed by atoms with van der Waals surface area (Å²) in [6, 6.07) is 6.98. The molecule has 0 saturated carbocycles. The van der Waals surface area contributed by atoms with Gasteiger partial charge in [-0.25, -0.2) is 9.36 Å². The van der Waals surface area contributed by atoms with Gasteiger partial charge >= 0.3 is 13.8 Å². The molecule has 28 heavy (non-hydrogen) atoms. The van der Waals surface area contributed by atoms with E-state index in [0.717, 1.165) is 0 Å². The summed E-state index contributed by atoms with van der Waals surface area (Å²) in [5, 5.41) is 9.48. The minimum absolute atomic E-state index is 0.00110. The maximum absolute atomic E-state index is 12.3. The smallest absolute Gasteiger partial charge is 0.470 e. The third-order valence-electron chi connectivity index (χ3n) is 3.77. The van der Waals surface area contributed by atoms with Gasteiger partial charge in [-0.15, -0.1) is 0 Å². The summed E-state index contributed by atoms with van der Waals surface area (Å²) >= 11 is 0. The fraction of sp³-hybridized carbons (Fsp3) is 0.312. The van der Waals surface area contributed by atoms with Crippen molar-refractivity contribution in [2.24, 2.45) is 0 Å². The second-order valence-corrected chi connectivity index (χ2v) is 7.00. The molecule has 0 aliphatic carbocycles. The molecule has 0 spiro atoms. The highest BCUT2D eigenvalue weighted by molar-refractivity contribution is 7.46. The van der Waals surface area contributed by atoms with Crippen LogP contribution in [0.1, 0.15) is 11.4 Å². The highest BCUT2D eigenvalue weighted by Crippen LogP contribution is 2.41. The van der Waals surface area contributed by atoms with Crippen LogP contribution >= 0.6 is 7.82 Å². The molecule has 5 N–H and O–H groups in total. The van der Waals surface area contributed by atoms with Crippen LogP contribution < -0.4 is 0 Å². The monoisotopic (exact) mass is 414 g/mol. The number of hydrogen-bond acceptors (Lipinski definition) is 7. The van der Waals surface area contributed by atoms with Gasteiger partial charge in [0, 0.05) is 12.4 Å². The van der Waals surface area contributed by atoms with E-state index in [9.17, 15) is 14.5 Å². The number of H-pyrrole nitrogens is 2. The van der Waals surface area contributed by atoms with Crippen molar-refractivity contribution < 1.29 is 43.0 Å². The fourth-order valence-corrected chi connectivity index (χ4v) is 3.09. The van der Waals surface area contributed by atoms with E-state index in [1.54, 1.807) is 36.7 Å². The topological polar surface area (TPSA) is 163 Å². The summed E-state index contributed by atoms with van der Waals surface area (Å²) in [4.78, 5) is 36.2. The van der Waals surface area contributed by atoms with Crippen molar-refractivity contribution in [1.82, 2.24) is 9.97 Å². The number of carbonyl (C=O) groups excluding carboxylic acids is 1. The van der Waals surface area contributed by atoms with Crippen LogP contribution in [0.4, 0.5) is 0 Å². The van der Waals surface area contributed by atoms with Crippen LogP contribution in [0.2, 0.25) is 0 Å². The zero-order chi connectivity index (χ0) is 20.1. The molecule has 11 nitrogen and oxygen atoms in total. The van der Waals surface area contributed by atoms with Crippen molar-refractivity contribution in [2.75, 3.05) is 6.61 Å². The van der Waals surface area contributed by atoms with Crippen molar-refractivity contribution in [2.45, 2.75) is 25.4 Å². The number of phosphoric acid groups is 1. The van der Waals surface area contributed by atoms with E-state index in [-0.39, 0.29) is 24.7 Å². The Morgan fingerprint density at radius 1 is 1.11 bits per heavy atom. The lowest BCUT2D eigenvalue weighted by atomic mass is 10.2. The van der Waals surface area contributed by atoms with Crippen molar-refractivity contribution in [1.29, 1.82) is 0 Å². The van der Waals surface area contributed by atoms with E-state index >= 15 is 0 Å². The molecule has 0 fully saturated rings. The third kappa shape index (κ3) is 5.03. The van der Waals surface area contributed by atoms with Gasteiger partial charge in [-0.05, 0) is 24.3 Å². The number of nitrogens with one attached hydrogen (secondary N) is 2. The van der Waals surface area contributed by atoms with Gasteiger partial charge in [-0.3, -0.25) is 4.52 Å². The number of phosphoric ester groups is 1. The predicted octanol–water partition coefficient (Wildman–Crippen LogP) is 0.683. The first kappa shape index (κ1) is 20.2. The largest absolute Gasteiger partial charge is 0.484 e. The number of aromatic amines is 2. The molecule has 0 saturated heterocycles. The van der Waals surface area contributed by atoms with E-state index in [0.29, 0.717) is 11.4 Å². The molecule has 152 valence electrons. The Morgan fingerprint density at radius 2 is 1.71 bits per heavy atom. The van der Waals surface area contributed by atoms with Gasteiger partial charge in [0.15, 0.2) is 11.9 Å². The van der Waals surface area contributed by atoms with Crippen LogP contribution in [0.5, 0.6) is 0 Å². The number of aromatic nitrogens is 2. The lowest BCUT2D eigenvalue weighted by Gasteiger charge is -2.23. The molecule has 0 aromatic carbocycles. The lowest BCUT2D eigenvalue weighted by Crippen LogP contribution is -2.34. The number of cyclic esters (lactones) is 1. The Hall–Kier alpha value is -2.56. The van der Waals surface area contributed by atoms with Crippen LogP contribution in [0.25, 0.3) is 0 Å². The van der Waals surface area contributed by atoms with Gasteiger partial charge in [-0.1, -0.05) is 0 Å². The summed E-state index contributed by atoms with van der Waals surface area (Å²) < 4.78 is 32.0. The zero-order valence-corrected chi connectivity index (χ0v) is 15.4. The lowest BCUT2D eigenvalue weighted by molar-refractivity contribution is -0.148. The van der Waals surface area contributed by atoms with E-state index in [1.807, 2.05) is 0 Å². The number of aliphatic hydroxyl groups excluding tert-OH is 1. The van der Waals surface area contributed by atoms with Crippen molar-refractivity contribution in [3.05, 3.63) is 59.6 Å². The highest BCUT2D eigenvalue weighted by Gasteiger charge is 2.45. The summed E-state index contributed by atoms with van der Waals surface area (Å²) in [6.07, 6.45) is 0.423. The average molecular weight is 414 g/mol. The van der Waals surface area contributed by atoms with E-state index in [1.165, 1.54) is 0 Å². The van der Waals surface area contributed by atoms with Gasteiger partial charge in [0.25, 0.3) is 0 Å². The van der Waals surface area contributed by atoms with Crippen molar-refractivity contribution >= 4 is 13.8 Å². The van der Waals surface area contributed by atoms with Crippen LogP contribution in [-0.2, 0) is 41.3 Å². The minimum Gasteiger partial charge on any atom is -0.484 e. The summed E-state index contributed by atoms with van der Waals surface area (Å²) in [5.74, 6) is -1.29. The molecule has 0 amide bonds. The SMILES string of the molecule is O=C1O[C@H]([C@H](CO)OP(=O)(O)O)C(OCc2ccc[nH]2)=C1OCc1ccc[nH]1. The fourth-order valence-electron chi connectivity index (χ4n) is 2.56. The van der Waals surface area contributed by atoms with E-state index in [2.05, 4.69) is 14.5 Å². The third-order valence-corrected chi connectivity index (χ3v) is 4.32. The number of esters is 1. The van der Waals surface area contributed by atoms with Crippen molar-refractivity contribution in [3.8, 4) is 0 Å². The van der Waals surface area contributed by atoms with Gasteiger partial charge in [0.1, 0.15) is 19.3 Å². The first-order chi connectivity index (χ1) is 13.4. The standard InChI is InChI=1S/C16H19N2O9P/c19-7-12(27-28(21,22)23)13-14(24-8-10-3-1-5-17-10)15(16(20)26-13)25-9-11-4-2-6-18-11/h1-6,12-13,17-19H,7-9H2,(H2,21,22,23)/t12-,13+/m0/s1. The molecule has 1 aliphatic heterocycles. The molecule has 2 aromatic rings. The minimum atomic E-state index is -4.96. The summed E-state index contributed by atoms with van der Waals surface area (Å²) in [5.41, 5.74) is 1.35. The van der Waals surface area contributed by atoms with E-state index in [4.69, 9.17) is 24.0 Å². The zero-order valence-electron chi connectivity index (χ0n) is 14.5. The summed E-state index contributed by atoms with van der Waals surface area (Å²) in [6.45, 7) is -0.829. The van der Waals surface area contributed by atoms with Crippen LogP contribution in [0.3, 0.4) is 0 Å². The Bertz CT molecular complexity index is 857. The van der Waals surface area contributed by atoms with Crippen LogP contribution in [0.15, 0.2) is 48.2 Å².